The lowest BCUT2D eigenvalue weighted by molar-refractivity contribution is -0.121. The lowest BCUT2D eigenvalue weighted by atomic mass is 9.97. The SMILES string of the molecule is CCCCC(=O)NCCc1cc(C(C)=O)cc2ccc(OC)cc12. The third-order valence-electron chi connectivity index (χ3n) is 4.13. The van der Waals surface area contributed by atoms with Crippen molar-refractivity contribution in [1.82, 2.24) is 5.32 Å². The van der Waals surface area contributed by atoms with Gasteiger partial charge in [0, 0.05) is 18.5 Å². The number of unbranched alkanes of at least 4 members (excludes halogenated alkanes) is 1. The summed E-state index contributed by atoms with van der Waals surface area (Å²) in [6.07, 6.45) is 3.17. The molecule has 0 aliphatic heterocycles. The molecule has 0 unspecified atom stereocenters. The maximum Gasteiger partial charge on any atom is 0.220 e. The van der Waals surface area contributed by atoms with E-state index in [0.29, 0.717) is 24.9 Å². The van der Waals surface area contributed by atoms with Crippen LogP contribution in [0.1, 0.15) is 49.0 Å². The Bertz CT molecular complexity index is 737. The number of Topliss-reactive ketones (excluding diaryl/α,β-unsaturated/α-hetero) is 1. The molecule has 24 heavy (non-hydrogen) atoms. The van der Waals surface area contributed by atoms with E-state index in [-0.39, 0.29) is 11.7 Å². The first-order chi connectivity index (χ1) is 11.5. The van der Waals surface area contributed by atoms with Crippen LogP contribution in [0.4, 0.5) is 0 Å². The third-order valence-corrected chi connectivity index (χ3v) is 4.13. The van der Waals surface area contributed by atoms with Crippen LogP contribution in [0.25, 0.3) is 10.8 Å². The van der Waals surface area contributed by atoms with Gasteiger partial charge in [-0.05, 0) is 60.4 Å². The number of carbonyl (C=O) groups excluding carboxylic acids is 2. The molecule has 128 valence electrons. The number of methoxy groups -OCH3 is 1. The Kier molecular flexibility index (Phi) is 6.36. The molecule has 0 saturated heterocycles. The van der Waals surface area contributed by atoms with Crippen molar-refractivity contribution in [2.24, 2.45) is 0 Å². The zero-order valence-corrected chi connectivity index (χ0v) is 14.6. The van der Waals surface area contributed by atoms with Crippen LogP contribution in [0, 0.1) is 0 Å². The molecule has 0 aliphatic rings. The molecule has 1 N–H and O–H groups in total. The number of hydrogen-bond acceptors (Lipinski definition) is 3. The summed E-state index contributed by atoms with van der Waals surface area (Å²) in [6.45, 7) is 4.21. The van der Waals surface area contributed by atoms with E-state index in [0.717, 1.165) is 34.9 Å². The molecule has 0 heterocycles. The predicted octanol–water partition coefficient (Wildman–Crippen LogP) is 3.90. The number of nitrogens with one attached hydrogen (secondary N) is 1. The fourth-order valence-corrected chi connectivity index (χ4v) is 2.71. The summed E-state index contributed by atoms with van der Waals surface area (Å²) < 4.78 is 5.31. The van der Waals surface area contributed by atoms with E-state index in [1.165, 1.54) is 0 Å². The van der Waals surface area contributed by atoms with Gasteiger partial charge in [0.2, 0.25) is 5.91 Å². The van der Waals surface area contributed by atoms with E-state index in [1.807, 2.05) is 30.3 Å². The summed E-state index contributed by atoms with van der Waals surface area (Å²) in [5, 5.41) is 5.02. The van der Waals surface area contributed by atoms with Crippen LogP contribution in [0.5, 0.6) is 5.75 Å². The largest absolute Gasteiger partial charge is 0.497 e. The second kappa shape index (κ2) is 8.48. The van der Waals surface area contributed by atoms with Crippen molar-refractivity contribution in [3.8, 4) is 5.75 Å². The molecule has 2 aromatic rings. The van der Waals surface area contributed by atoms with Gasteiger partial charge < -0.3 is 10.1 Å². The fraction of sp³-hybridized carbons (Fsp3) is 0.400. The molecular formula is C20H25NO3. The number of hydrogen-bond donors (Lipinski definition) is 1. The van der Waals surface area contributed by atoms with Crippen LogP contribution in [0.2, 0.25) is 0 Å². The second-order valence-electron chi connectivity index (χ2n) is 5.98. The first kappa shape index (κ1) is 18.0. The summed E-state index contributed by atoms with van der Waals surface area (Å²) in [4.78, 5) is 23.5. The molecule has 0 fully saturated rings. The Morgan fingerprint density at radius 2 is 1.96 bits per heavy atom. The first-order valence-electron chi connectivity index (χ1n) is 8.43. The molecule has 4 nitrogen and oxygen atoms in total. The Balaban J connectivity index is 2.22. The van der Waals surface area contributed by atoms with Gasteiger partial charge >= 0.3 is 0 Å². The molecule has 0 bridgehead atoms. The standard InChI is InChI=1S/C20H25NO3/c1-4-5-6-20(23)21-10-9-16-12-17(14(2)22)11-15-7-8-18(24-3)13-19(15)16/h7-8,11-13H,4-6,9-10H2,1-3H3,(H,21,23). The second-order valence-corrected chi connectivity index (χ2v) is 5.98. The van der Waals surface area contributed by atoms with Crippen molar-refractivity contribution in [1.29, 1.82) is 0 Å². The number of rotatable bonds is 8. The zero-order chi connectivity index (χ0) is 17.5. The molecule has 0 atom stereocenters. The Labute approximate surface area is 143 Å². The number of benzene rings is 2. The number of ether oxygens (including phenoxy) is 1. The number of fused-ring (bicyclic) bond motifs is 1. The van der Waals surface area contributed by atoms with Crippen LogP contribution < -0.4 is 10.1 Å². The van der Waals surface area contributed by atoms with Crippen molar-refractivity contribution >= 4 is 22.5 Å². The first-order valence-corrected chi connectivity index (χ1v) is 8.43. The molecule has 0 radical (unpaired) electrons. The summed E-state index contributed by atoms with van der Waals surface area (Å²) in [5.74, 6) is 0.911. The number of amides is 1. The van der Waals surface area contributed by atoms with Crippen molar-refractivity contribution in [3.63, 3.8) is 0 Å². The van der Waals surface area contributed by atoms with Crippen molar-refractivity contribution in [2.45, 2.75) is 39.5 Å². The molecule has 1 amide bonds. The molecule has 4 heteroatoms. The highest BCUT2D eigenvalue weighted by molar-refractivity contribution is 6.00. The molecule has 0 saturated carbocycles. The number of ketones is 1. The average Bonchev–Trinajstić information content (AvgIpc) is 2.59. The summed E-state index contributed by atoms with van der Waals surface area (Å²) in [6, 6.07) is 9.66. The minimum absolute atomic E-state index is 0.0425. The molecule has 2 rings (SSSR count). The summed E-state index contributed by atoms with van der Waals surface area (Å²) in [7, 11) is 1.64. The Morgan fingerprint density at radius 3 is 2.62 bits per heavy atom. The minimum atomic E-state index is 0.0425. The topological polar surface area (TPSA) is 55.4 Å². The smallest absolute Gasteiger partial charge is 0.220 e. The Morgan fingerprint density at radius 1 is 1.17 bits per heavy atom. The van der Waals surface area contributed by atoms with E-state index in [2.05, 4.69) is 12.2 Å². The van der Waals surface area contributed by atoms with Gasteiger partial charge in [-0.15, -0.1) is 0 Å². The van der Waals surface area contributed by atoms with Gasteiger partial charge in [-0.25, -0.2) is 0 Å². The van der Waals surface area contributed by atoms with E-state index in [9.17, 15) is 9.59 Å². The summed E-state index contributed by atoms with van der Waals surface area (Å²) >= 11 is 0. The molecule has 0 aliphatic carbocycles. The molecule has 0 aromatic heterocycles. The van der Waals surface area contributed by atoms with Crippen molar-refractivity contribution in [2.75, 3.05) is 13.7 Å². The average molecular weight is 327 g/mol. The molecule has 2 aromatic carbocycles. The normalized spacial score (nSPS) is 10.6. The van der Waals surface area contributed by atoms with E-state index in [4.69, 9.17) is 4.74 Å². The van der Waals surface area contributed by atoms with E-state index in [1.54, 1.807) is 14.0 Å². The summed E-state index contributed by atoms with van der Waals surface area (Å²) in [5.41, 5.74) is 1.74. The highest BCUT2D eigenvalue weighted by Crippen LogP contribution is 2.26. The van der Waals surface area contributed by atoms with Crippen LogP contribution in [0.3, 0.4) is 0 Å². The van der Waals surface area contributed by atoms with Gasteiger partial charge in [0.25, 0.3) is 0 Å². The quantitative estimate of drug-likeness (QED) is 0.748. The van der Waals surface area contributed by atoms with Gasteiger partial charge in [-0.1, -0.05) is 19.4 Å². The maximum absolute atomic E-state index is 11.8. The van der Waals surface area contributed by atoms with Crippen LogP contribution in [0.15, 0.2) is 30.3 Å². The van der Waals surface area contributed by atoms with E-state index >= 15 is 0 Å². The predicted molar refractivity (Wildman–Crippen MR) is 96.7 cm³/mol. The monoisotopic (exact) mass is 327 g/mol. The highest BCUT2D eigenvalue weighted by atomic mass is 16.5. The molecular weight excluding hydrogens is 302 g/mol. The zero-order valence-electron chi connectivity index (χ0n) is 14.6. The maximum atomic E-state index is 11.8. The van der Waals surface area contributed by atoms with E-state index < -0.39 is 0 Å². The highest BCUT2D eigenvalue weighted by Gasteiger charge is 2.09. The lowest BCUT2D eigenvalue weighted by Gasteiger charge is -2.11. The fourth-order valence-electron chi connectivity index (χ4n) is 2.71. The third kappa shape index (κ3) is 4.57. The van der Waals surface area contributed by atoms with Crippen LogP contribution >= 0.6 is 0 Å². The lowest BCUT2D eigenvalue weighted by Crippen LogP contribution is -2.25. The Hall–Kier alpha value is -2.36. The van der Waals surface area contributed by atoms with Gasteiger partial charge in [0.05, 0.1) is 7.11 Å². The van der Waals surface area contributed by atoms with Gasteiger partial charge in [-0.2, -0.15) is 0 Å². The van der Waals surface area contributed by atoms with Gasteiger partial charge in [-0.3, -0.25) is 9.59 Å². The van der Waals surface area contributed by atoms with Crippen LogP contribution in [-0.4, -0.2) is 25.3 Å². The minimum Gasteiger partial charge on any atom is -0.497 e. The van der Waals surface area contributed by atoms with Gasteiger partial charge in [0.1, 0.15) is 5.75 Å². The van der Waals surface area contributed by atoms with Crippen molar-refractivity contribution < 1.29 is 14.3 Å². The van der Waals surface area contributed by atoms with Crippen LogP contribution in [-0.2, 0) is 11.2 Å². The van der Waals surface area contributed by atoms with Gasteiger partial charge in [0.15, 0.2) is 5.78 Å². The molecule has 0 spiro atoms. The van der Waals surface area contributed by atoms with Crippen molar-refractivity contribution in [3.05, 3.63) is 41.5 Å². The number of carbonyl (C=O) groups is 2.